The van der Waals surface area contributed by atoms with Gasteiger partial charge in [0.1, 0.15) is 0 Å². The van der Waals surface area contributed by atoms with E-state index in [1.165, 1.54) is 0 Å². The molecule has 64 valence electrons. The minimum Gasteiger partial charge on any atom is -0.481 e. The van der Waals surface area contributed by atoms with Gasteiger partial charge in [0.25, 0.3) is 0 Å². The Morgan fingerprint density at radius 1 is 1.58 bits per heavy atom. The summed E-state index contributed by atoms with van der Waals surface area (Å²) in [6.45, 7) is 0. The molecule has 4 heteroatoms. The Bertz CT molecular complexity index is 312. The van der Waals surface area contributed by atoms with Crippen molar-refractivity contribution in [2.24, 2.45) is 0 Å². The highest BCUT2D eigenvalue weighted by molar-refractivity contribution is 14.1. The predicted octanol–water partition coefficient (Wildman–Crippen LogP) is 2.57. The van der Waals surface area contributed by atoms with Crippen molar-refractivity contribution >= 4 is 40.2 Å². The zero-order chi connectivity index (χ0) is 9.14. The summed E-state index contributed by atoms with van der Waals surface area (Å²) in [4.78, 5) is 10.4. The summed E-state index contributed by atoms with van der Waals surface area (Å²) >= 11 is 7.84. The van der Waals surface area contributed by atoms with Crippen LogP contribution in [0.5, 0.6) is 0 Å². The van der Waals surface area contributed by atoms with Gasteiger partial charge in [0.15, 0.2) is 0 Å². The monoisotopic (exact) mass is 296 g/mol. The second-order valence-corrected chi connectivity index (χ2v) is 3.77. The molecule has 12 heavy (non-hydrogen) atoms. The van der Waals surface area contributed by atoms with Gasteiger partial charge in [-0.05, 0) is 34.2 Å². The first kappa shape index (κ1) is 9.80. The van der Waals surface area contributed by atoms with Gasteiger partial charge in [-0.3, -0.25) is 4.79 Å². The average Bonchev–Trinajstić information content (AvgIpc) is 1.98. The van der Waals surface area contributed by atoms with Gasteiger partial charge in [-0.2, -0.15) is 0 Å². The molecule has 0 amide bonds. The smallest absolute Gasteiger partial charge is 0.307 e. The lowest BCUT2D eigenvalue weighted by Gasteiger charge is -2.01. The molecule has 1 aromatic rings. The van der Waals surface area contributed by atoms with E-state index in [9.17, 15) is 4.79 Å². The molecule has 0 saturated carbocycles. The second kappa shape index (κ2) is 4.09. The summed E-state index contributed by atoms with van der Waals surface area (Å²) in [6.07, 6.45) is 0.0266. The van der Waals surface area contributed by atoms with Crippen molar-refractivity contribution in [3.05, 3.63) is 32.4 Å². The lowest BCUT2D eigenvalue weighted by atomic mass is 10.2. The lowest BCUT2D eigenvalue weighted by molar-refractivity contribution is -0.136. The number of aliphatic carboxylic acids is 1. The topological polar surface area (TPSA) is 37.3 Å². The standard InChI is InChI=1S/C8H6ClIO2/c9-6-3-1-2-5(8(6)10)4-7(11)12/h1-3H,4H2,(H,11,12). The van der Waals surface area contributed by atoms with Crippen molar-refractivity contribution in [3.63, 3.8) is 0 Å². The molecule has 0 saturated heterocycles. The number of halogens is 2. The van der Waals surface area contributed by atoms with Crippen molar-refractivity contribution in [1.82, 2.24) is 0 Å². The molecular weight excluding hydrogens is 290 g/mol. The molecule has 1 rings (SSSR count). The van der Waals surface area contributed by atoms with Gasteiger partial charge in [-0.25, -0.2) is 0 Å². The van der Waals surface area contributed by atoms with Crippen LogP contribution in [0.15, 0.2) is 18.2 Å². The van der Waals surface area contributed by atoms with Crippen LogP contribution >= 0.6 is 34.2 Å². The van der Waals surface area contributed by atoms with Crippen LogP contribution in [-0.2, 0) is 11.2 Å². The van der Waals surface area contributed by atoms with Crippen LogP contribution in [0.3, 0.4) is 0 Å². The Balaban J connectivity index is 3.00. The van der Waals surface area contributed by atoms with Gasteiger partial charge in [0.2, 0.25) is 0 Å². The third kappa shape index (κ3) is 2.35. The van der Waals surface area contributed by atoms with E-state index in [1.807, 2.05) is 22.6 Å². The van der Waals surface area contributed by atoms with Gasteiger partial charge in [0, 0.05) is 3.57 Å². The van der Waals surface area contributed by atoms with Crippen LogP contribution in [0.1, 0.15) is 5.56 Å². The fraction of sp³-hybridized carbons (Fsp3) is 0.125. The van der Waals surface area contributed by atoms with E-state index in [1.54, 1.807) is 18.2 Å². The number of carboxylic acids is 1. The molecule has 0 aliphatic rings. The molecule has 1 N–H and O–H groups in total. The zero-order valence-corrected chi connectivity index (χ0v) is 8.96. The molecule has 1 aromatic carbocycles. The molecule has 2 nitrogen and oxygen atoms in total. The number of carbonyl (C=O) groups is 1. The van der Waals surface area contributed by atoms with E-state index >= 15 is 0 Å². The molecule has 0 aliphatic carbocycles. The van der Waals surface area contributed by atoms with Gasteiger partial charge in [-0.1, -0.05) is 23.7 Å². The van der Waals surface area contributed by atoms with Crippen molar-refractivity contribution in [1.29, 1.82) is 0 Å². The van der Waals surface area contributed by atoms with Crippen LogP contribution < -0.4 is 0 Å². The molecule has 0 aliphatic heterocycles. The Kier molecular flexibility index (Phi) is 3.34. The summed E-state index contributed by atoms with van der Waals surface area (Å²) in [7, 11) is 0. The van der Waals surface area contributed by atoms with Gasteiger partial charge in [0.05, 0.1) is 11.4 Å². The number of benzene rings is 1. The number of carboxylic acid groups (broad SMARTS) is 1. The van der Waals surface area contributed by atoms with Crippen LogP contribution in [0.25, 0.3) is 0 Å². The maximum Gasteiger partial charge on any atom is 0.307 e. The number of hydrogen-bond acceptors (Lipinski definition) is 1. The Hall–Kier alpha value is -0.290. The molecule has 0 spiro atoms. The van der Waals surface area contributed by atoms with Crippen molar-refractivity contribution in [2.45, 2.75) is 6.42 Å². The highest BCUT2D eigenvalue weighted by Crippen LogP contribution is 2.22. The maximum absolute atomic E-state index is 10.4. The summed E-state index contributed by atoms with van der Waals surface area (Å²) in [5.41, 5.74) is 0.760. The van der Waals surface area contributed by atoms with Crippen molar-refractivity contribution in [2.75, 3.05) is 0 Å². The Morgan fingerprint density at radius 2 is 2.25 bits per heavy atom. The van der Waals surface area contributed by atoms with Gasteiger partial charge >= 0.3 is 5.97 Å². The normalized spacial score (nSPS) is 9.83. The Morgan fingerprint density at radius 3 is 2.83 bits per heavy atom. The molecule has 0 atom stereocenters. The number of rotatable bonds is 2. The van der Waals surface area contributed by atoms with Crippen LogP contribution in [0, 0.1) is 3.57 Å². The van der Waals surface area contributed by atoms with E-state index in [0.29, 0.717) is 5.02 Å². The van der Waals surface area contributed by atoms with E-state index in [-0.39, 0.29) is 6.42 Å². The van der Waals surface area contributed by atoms with E-state index in [2.05, 4.69) is 0 Å². The van der Waals surface area contributed by atoms with Gasteiger partial charge in [-0.15, -0.1) is 0 Å². The zero-order valence-electron chi connectivity index (χ0n) is 6.05. The molecule has 0 unspecified atom stereocenters. The minimum atomic E-state index is -0.838. The maximum atomic E-state index is 10.4. The summed E-state index contributed by atoms with van der Waals surface area (Å²) in [5, 5.41) is 9.14. The largest absolute Gasteiger partial charge is 0.481 e. The van der Waals surface area contributed by atoms with E-state index < -0.39 is 5.97 Å². The fourth-order valence-corrected chi connectivity index (χ4v) is 1.59. The van der Waals surface area contributed by atoms with E-state index in [4.69, 9.17) is 16.7 Å². The first-order valence-electron chi connectivity index (χ1n) is 3.26. The number of hydrogen-bond donors (Lipinski definition) is 1. The third-order valence-corrected chi connectivity index (χ3v) is 3.28. The highest BCUT2D eigenvalue weighted by Gasteiger charge is 2.06. The summed E-state index contributed by atoms with van der Waals surface area (Å²) in [6, 6.07) is 5.26. The molecule has 0 heterocycles. The third-order valence-electron chi connectivity index (χ3n) is 1.37. The minimum absolute atomic E-state index is 0.0266. The first-order chi connectivity index (χ1) is 5.61. The van der Waals surface area contributed by atoms with Crippen molar-refractivity contribution < 1.29 is 9.90 Å². The quantitative estimate of drug-likeness (QED) is 0.852. The van der Waals surface area contributed by atoms with Crippen LogP contribution in [0.2, 0.25) is 5.02 Å². The highest BCUT2D eigenvalue weighted by atomic mass is 127. The second-order valence-electron chi connectivity index (χ2n) is 2.28. The van der Waals surface area contributed by atoms with Gasteiger partial charge < -0.3 is 5.11 Å². The Labute approximate surface area is 88.7 Å². The lowest BCUT2D eigenvalue weighted by Crippen LogP contribution is -2.01. The average molecular weight is 296 g/mol. The summed E-state index contributed by atoms with van der Waals surface area (Å²) < 4.78 is 0.819. The fourth-order valence-electron chi connectivity index (χ4n) is 0.848. The molecular formula is C8H6ClIO2. The molecule has 0 aromatic heterocycles. The SMILES string of the molecule is O=C(O)Cc1cccc(Cl)c1I. The van der Waals surface area contributed by atoms with Crippen molar-refractivity contribution in [3.8, 4) is 0 Å². The van der Waals surface area contributed by atoms with Crippen LogP contribution in [-0.4, -0.2) is 11.1 Å². The first-order valence-corrected chi connectivity index (χ1v) is 4.71. The predicted molar refractivity (Wildman–Crippen MR) is 55.5 cm³/mol. The van der Waals surface area contributed by atoms with E-state index in [0.717, 1.165) is 9.13 Å². The van der Waals surface area contributed by atoms with Crippen LogP contribution in [0.4, 0.5) is 0 Å². The molecule has 0 radical (unpaired) electrons. The molecule has 0 bridgehead atoms. The summed E-state index contributed by atoms with van der Waals surface area (Å²) in [5.74, 6) is -0.838. The molecule has 0 fully saturated rings.